The maximum absolute atomic E-state index is 13.5. The van der Waals surface area contributed by atoms with Gasteiger partial charge in [0.25, 0.3) is 0 Å². The standard InChI is InChI=1S/C26H31NO6S.C19H16BrFO2.C6H13NO4S/c1-7-8-9-22-23(24(28)18-12-10-17(2)11-13-18)20-16-19(14-15-21(20)32-22)27(34(6,30)31)25(29)33-26(3,4)5;1-2-3-4-17-18(15-11-13(20)7-10-16(15)23-17)19(22)12-5-8-14(21)9-6-12;1-6(2,3)11-5(8)7-12(4,9)10/h10-16H,7-9H2,1-6H3;5-11H,2-4H2,1H3;1-4H3,(H,7,8). The van der Waals surface area contributed by atoms with E-state index in [2.05, 4.69) is 27.6 Å². The molecule has 0 saturated carbocycles. The minimum Gasteiger partial charge on any atom is -0.460 e. The molecule has 0 radical (unpaired) electrons. The van der Waals surface area contributed by atoms with Crippen molar-refractivity contribution in [2.24, 2.45) is 0 Å². The smallest absolute Gasteiger partial charge is 0.428 e. The molecule has 1 N–H and O–H groups in total. The lowest BCUT2D eigenvalue weighted by molar-refractivity contribution is 0.0566. The van der Waals surface area contributed by atoms with E-state index >= 15 is 0 Å². The SMILES string of the molecule is CC(C)(C)OC(=O)NS(C)(=O)=O.CCCCc1oc2ccc(Br)cc2c1C(=O)c1ccc(F)cc1.CCCCc1oc2ccc(N(C(=O)OC(C)(C)C)S(C)(=O)=O)cc2c1C(=O)c1ccc(C)cc1. The number of carbonyl (C=O) groups excluding carboxylic acids is 4. The molecule has 0 aliphatic heterocycles. The second-order valence-corrected chi connectivity index (χ2v) is 22.7. The van der Waals surface area contributed by atoms with Crippen LogP contribution in [0.4, 0.5) is 19.7 Å². The van der Waals surface area contributed by atoms with Gasteiger partial charge in [0, 0.05) is 39.2 Å². The summed E-state index contributed by atoms with van der Waals surface area (Å²) in [6, 6.07) is 23.1. The summed E-state index contributed by atoms with van der Waals surface area (Å²) in [5.74, 6) is 0.544. The van der Waals surface area contributed by atoms with E-state index in [-0.39, 0.29) is 23.1 Å². The van der Waals surface area contributed by atoms with Crippen LogP contribution in [-0.4, -0.2) is 64.3 Å². The summed E-state index contributed by atoms with van der Waals surface area (Å²) in [5, 5.41) is 1.24. The van der Waals surface area contributed by atoms with Gasteiger partial charge in [0.05, 0.1) is 29.3 Å². The zero-order valence-corrected chi connectivity index (χ0v) is 44.0. The van der Waals surface area contributed by atoms with Gasteiger partial charge in [-0.3, -0.25) is 9.59 Å². The second-order valence-electron chi connectivity index (χ2n) is 18.2. The van der Waals surface area contributed by atoms with Crippen LogP contribution in [0, 0.1) is 12.7 Å². The fourth-order valence-electron chi connectivity index (χ4n) is 6.69. The van der Waals surface area contributed by atoms with Crippen molar-refractivity contribution >= 4 is 87.4 Å². The summed E-state index contributed by atoms with van der Waals surface area (Å²) in [7, 11) is -7.53. The number of unbranched alkanes of at least 4 members (excludes halogenated alkanes) is 2. The zero-order chi connectivity index (χ0) is 51.6. The predicted molar refractivity (Wildman–Crippen MR) is 270 cm³/mol. The van der Waals surface area contributed by atoms with Crippen LogP contribution in [-0.2, 0) is 42.4 Å². The van der Waals surface area contributed by atoms with Gasteiger partial charge in [-0.2, -0.15) is 4.31 Å². The van der Waals surface area contributed by atoms with Crippen molar-refractivity contribution in [3.63, 3.8) is 0 Å². The number of fused-ring (bicyclic) bond motifs is 2. The van der Waals surface area contributed by atoms with Crippen LogP contribution >= 0.6 is 15.9 Å². The highest BCUT2D eigenvalue weighted by atomic mass is 79.9. The Balaban J connectivity index is 0.000000254. The number of nitrogens with one attached hydrogen (secondary N) is 1. The lowest BCUT2D eigenvalue weighted by Gasteiger charge is -2.25. The van der Waals surface area contributed by atoms with Gasteiger partial charge < -0.3 is 18.3 Å². The first kappa shape index (κ1) is 55.7. The van der Waals surface area contributed by atoms with Crippen LogP contribution < -0.4 is 9.03 Å². The first-order chi connectivity index (χ1) is 32.0. The summed E-state index contributed by atoms with van der Waals surface area (Å²) in [5.41, 5.74) is 2.61. The highest BCUT2D eigenvalue weighted by Gasteiger charge is 2.32. The van der Waals surface area contributed by atoms with E-state index in [0.717, 1.165) is 53.6 Å². The molecule has 0 aliphatic rings. The number of benzene rings is 4. The Hall–Kier alpha value is -5.85. The Labute approximate surface area is 412 Å². The Kier molecular flexibility index (Phi) is 18.7. The molecule has 0 unspecified atom stereocenters. The van der Waals surface area contributed by atoms with Crippen LogP contribution in [0.3, 0.4) is 0 Å². The Morgan fingerprint density at radius 3 is 1.55 bits per heavy atom. The van der Waals surface area contributed by atoms with Crippen LogP contribution in [0.25, 0.3) is 21.9 Å². The molecule has 2 aromatic heterocycles. The lowest BCUT2D eigenvalue weighted by Crippen LogP contribution is -2.40. The minimum atomic E-state index is -4.01. The summed E-state index contributed by atoms with van der Waals surface area (Å²) < 4.78 is 84.4. The summed E-state index contributed by atoms with van der Waals surface area (Å²) in [4.78, 5) is 50.0. The van der Waals surface area contributed by atoms with Crippen molar-refractivity contribution in [2.45, 2.75) is 112 Å². The number of halogens is 2. The molecule has 4 aromatic carbocycles. The molecule has 0 saturated heterocycles. The largest absolute Gasteiger partial charge is 0.460 e. The average molecular weight is 1060 g/mol. The summed E-state index contributed by atoms with van der Waals surface area (Å²) in [6.07, 6.45) is 4.84. The number of carbonyl (C=O) groups is 4. The van der Waals surface area contributed by atoms with Crippen LogP contribution in [0.15, 0.2) is 98.2 Å². The molecule has 6 rings (SSSR count). The fourth-order valence-corrected chi connectivity index (χ4v) is 8.20. The van der Waals surface area contributed by atoms with Crippen molar-refractivity contribution < 1.29 is 58.7 Å². The lowest BCUT2D eigenvalue weighted by atomic mass is 9.97. The van der Waals surface area contributed by atoms with E-state index in [1.165, 1.54) is 36.4 Å². The number of furan rings is 2. The Bertz CT molecular complexity index is 3020. The molecule has 6 aromatic rings. The van der Waals surface area contributed by atoms with Gasteiger partial charge >= 0.3 is 12.2 Å². The fraction of sp³-hybridized carbons (Fsp3) is 0.373. The molecule has 2 amide bonds. The third kappa shape index (κ3) is 16.4. The van der Waals surface area contributed by atoms with Gasteiger partial charge in [-0.1, -0.05) is 72.4 Å². The van der Waals surface area contributed by atoms with E-state index < -0.39 is 43.4 Å². The number of ether oxygens (including phenoxy) is 2. The van der Waals surface area contributed by atoms with E-state index in [1.807, 2.05) is 44.2 Å². The van der Waals surface area contributed by atoms with Crippen LogP contribution in [0.2, 0.25) is 0 Å². The first-order valence-electron chi connectivity index (χ1n) is 22.1. The third-order valence-electron chi connectivity index (χ3n) is 9.65. The first-order valence-corrected chi connectivity index (χ1v) is 26.7. The number of anilines is 1. The van der Waals surface area contributed by atoms with Crippen molar-refractivity contribution in [1.82, 2.24) is 4.72 Å². The number of amides is 2. The molecule has 0 spiro atoms. The maximum Gasteiger partial charge on any atom is 0.428 e. The molecule has 18 heteroatoms. The number of aryl methyl sites for hydroxylation is 3. The normalized spacial score (nSPS) is 11.8. The van der Waals surface area contributed by atoms with E-state index in [0.29, 0.717) is 67.5 Å². The van der Waals surface area contributed by atoms with Crippen molar-refractivity contribution in [1.29, 1.82) is 0 Å². The van der Waals surface area contributed by atoms with Gasteiger partial charge in [-0.05, 0) is 122 Å². The average Bonchev–Trinajstić information content (AvgIpc) is 3.77. The number of nitrogens with zero attached hydrogens (tertiary/aromatic N) is 1. The van der Waals surface area contributed by atoms with Gasteiger partial charge in [0.1, 0.15) is 39.7 Å². The van der Waals surface area contributed by atoms with Crippen molar-refractivity contribution in [3.8, 4) is 0 Å². The molecule has 2 heterocycles. The topological polar surface area (TPSA) is 197 Å². The molecule has 0 atom stereocenters. The van der Waals surface area contributed by atoms with E-state index in [9.17, 15) is 40.4 Å². The zero-order valence-electron chi connectivity index (χ0n) is 40.7. The van der Waals surface area contributed by atoms with E-state index in [4.69, 9.17) is 13.6 Å². The summed E-state index contributed by atoms with van der Waals surface area (Å²) in [6.45, 7) is 16.0. The highest BCUT2D eigenvalue weighted by molar-refractivity contribution is 9.10. The maximum atomic E-state index is 13.5. The minimum absolute atomic E-state index is 0.0741. The van der Waals surface area contributed by atoms with Gasteiger partial charge in [-0.25, -0.2) is 35.5 Å². The second kappa shape index (κ2) is 23.2. The number of hydrogen-bond donors (Lipinski definition) is 1. The Morgan fingerprint density at radius 1 is 0.667 bits per heavy atom. The van der Waals surface area contributed by atoms with Crippen LogP contribution in [0.1, 0.15) is 130 Å². The van der Waals surface area contributed by atoms with Gasteiger partial charge in [-0.15, -0.1) is 0 Å². The molecule has 372 valence electrons. The third-order valence-corrected chi connectivity index (χ3v) is 11.7. The molecule has 0 bridgehead atoms. The molecular weight excluding hydrogens is 996 g/mol. The molecular formula is C51H60BrFN2O12S2. The number of sulfonamides is 2. The van der Waals surface area contributed by atoms with E-state index in [1.54, 1.807) is 64.5 Å². The van der Waals surface area contributed by atoms with Crippen LogP contribution in [0.5, 0.6) is 0 Å². The van der Waals surface area contributed by atoms with Gasteiger partial charge in [0.2, 0.25) is 20.0 Å². The monoisotopic (exact) mass is 1050 g/mol. The molecule has 0 aliphatic carbocycles. The Morgan fingerprint density at radius 2 is 1.12 bits per heavy atom. The summed E-state index contributed by atoms with van der Waals surface area (Å²) >= 11 is 3.44. The highest BCUT2D eigenvalue weighted by Crippen LogP contribution is 2.35. The van der Waals surface area contributed by atoms with Crippen molar-refractivity contribution in [2.75, 3.05) is 16.8 Å². The number of hydrogen-bond acceptors (Lipinski definition) is 12. The van der Waals surface area contributed by atoms with Gasteiger partial charge in [0.15, 0.2) is 11.6 Å². The molecule has 69 heavy (non-hydrogen) atoms. The predicted octanol–water partition coefficient (Wildman–Crippen LogP) is 12.4. The number of rotatable bonds is 13. The quantitative estimate of drug-likeness (QED) is 0.108. The van der Waals surface area contributed by atoms with Crippen molar-refractivity contribution in [3.05, 3.63) is 135 Å². The molecule has 14 nitrogen and oxygen atoms in total. The number of ketones is 2. The molecule has 0 fully saturated rings.